The summed E-state index contributed by atoms with van der Waals surface area (Å²) in [5, 5.41) is 23.3. The highest BCUT2D eigenvalue weighted by Crippen LogP contribution is 2.25. The lowest BCUT2D eigenvalue weighted by Gasteiger charge is -2.14. The first kappa shape index (κ1) is 14.9. The number of hydrogen-bond donors (Lipinski definition) is 3. The van der Waals surface area contributed by atoms with Crippen molar-refractivity contribution in [2.24, 2.45) is 5.92 Å². The molecule has 2 rings (SSSR count). The maximum absolute atomic E-state index is 11.9. The van der Waals surface area contributed by atoms with E-state index in [2.05, 4.69) is 10.6 Å². The lowest BCUT2D eigenvalue weighted by atomic mass is 10.1. The molecule has 0 aromatic heterocycles. The van der Waals surface area contributed by atoms with Crippen LogP contribution in [0.15, 0.2) is 18.2 Å². The zero-order chi connectivity index (χ0) is 15.4. The van der Waals surface area contributed by atoms with Crippen LogP contribution in [0, 0.1) is 24.2 Å². The van der Waals surface area contributed by atoms with Gasteiger partial charge < -0.3 is 15.7 Å². The number of hydrogen-bond acceptors (Lipinski definition) is 3. The number of amides is 2. The molecular formula is C15H17N3O3. The molecule has 0 spiro atoms. The van der Waals surface area contributed by atoms with Crippen molar-refractivity contribution in [3.05, 3.63) is 29.3 Å². The lowest BCUT2D eigenvalue weighted by Crippen LogP contribution is -2.36. The van der Waals surface area contributed by atoms with Gasteiger partial charge in [0.25, 0.3) is 0 Å². The molecule has 0 radical (unpaired) electrons. The Morgan fingerprint density at radius 1 is 1.38 bits per heavy atom. The molecule has 21 heavy (non-hydrogen) atoms. The lowest BCUT2D eigenvalue weighted by molar-refractivity contribution is -0.141. The van der Waals surface area contributed by atoms with E-state index in [0.29, 0.717) is 30.5 Å². The van der Waals surface area contributed by atoms with E-state index >= 15 is 0 Å². The molecule has 3 N–H and O–H groups in total. The van der Waals surface area contributed by atoms with Gasteiger partial charge in [-0.3, -0.25) is 4.79 Å². The Morgan fingerprint density at radius 2 is 2.14 bits per heavy atom. The number of carbonyl (C=O) groups excluding carboxylic acids is 1. The number of nitrogens with one attached hydrogen (secondary N) is 2. The van der Waals surface area contributed by atoms with Crippen LogP contribution in [0.2, 0.25) is 0 Å². The summed E-state index contributed by atoms with van der Waals surface area (Å²) in [6.07, 6.45) is 1.71. The van der Waals surface area contributed by atoms with Gasteiger partial charge in [0.1, 0.15) is 0 Å². The summed E-state index contributed by atoms with van der Waals surface area (Å²) >= 11 is 0. The molecule has 0 aliphatic heterocycles. The molecule has 0 unspecified atom stereocenters. The van der Waals surface area contributed by atoms with Crippen LogP contribution >= 0.6 is 0 Å². The predicted molar refractivity (Wildman–Crippen MR) is 76.8 cm³/mol. The minimum atomic E-state index is -0.808. The summed E-state index contributed by atoms with van der Waals surface area (Å²) in [5.41, 5.74) is 1.92. The number of aliphatic carboxylic acids is 1. The van der Waals surface area contributed by atoms with Crippen LogP contribution in [0.5, 0.6) is 0 Å². The first-order chi connectivity index (χ1) is 9.99. The zero-order valence-electron chi connectivity index (χ0n) is 11.7. The molecule has 1 aliphatic carbocycles. The van der Waals surface area contributed by atoms with E-state index in [1.807, 2.05) is 13.0 Å². The molecule has 1 aromatic rings. The van der Waals surface area contributed by atoms with E-state index in [1.54, 1.807) is 18.2 Å². The number of nitrogens with zero attached hydrogens (tertiary/aromatic N) is 1. The number of aryl methyl sites for hydroxylation is 1. The number of nitriles is 1. The van der Waals surface area contributed by atoms with Crippen molar-refractivity contribution >= 4 is 17.7 Å². The molecule has 0 saturated heterocycles. The number of carboxylic acid groups (broad SMARTS) is 1. The first-order valence-electron chi connectivity index (χ1n) is 6.80. The Labute approximate surface area is 122 Å². The van der Waals surface area contributed by atoms with Crippen LogP contribution in [0.25, 0.3) is 0 Å². The van der Waals surface area contributed by atoms with E-state index in [4.69, 9.17) is 10.4 Å². The predicted octanol–water partition coefficient (Wildman–Crippen LogP) is 2.24. The summed E-state index contributed by atoms with van der Waals surface area (Å²) < 4.78 is 0. The summed E-state index contributed by atoms with van der Waals surface area (Å²) in [7, 11) is 0. The van der Waals surface area contributed by atoms with Crippen LogP contribution in [0.1, 0.15) is 30.4 Å². The minimum absolute atomic E-state index is 0.120. The van der Waals surface area contributed by atoms with Crippen LogP contribution in [-0.4, -0.2) is 23.1 Å². The average Bonchev–Trinajstić information content (AvgIpc) is 2.90. The topological polar surface area (TPSA) is 102 Å². The maximum Gasteiger partial charge on any atom is 0.319 e. The molecule has 2 amide bonds. The molecule has 1 fully saturated rings. The van der Waals surface area contributed by atoms with Gasteiger partial charge in [0.15, 0.2) is 0 Å². The number of urea groups is 1. The van der Waals surface area contributed by atoms with Crippen molar-refractivity contribution in [3.8, 4) is 6.07 Å². The molecule has 1 saturated carbocycles. The van der Waals surface area contributed by atoms with Crippen molar-refractivity contribution in [1.29, 1.82) is 5.26 Å². The normalized spacial score (nSPS) is 20.6. The highest BCUT2D eigenvalue weighted by atomic mass is 16.4. The second-order valence-corrected chi connectivity index (χ2v) is 5.29. The Bertz CT molecular complexity index is 607. The Balaban J connectivity index is 1.94. The fourth-order valence-electron chi connectivity index (χ4n) is 2.51. The van der Waals surface area contributed by atoms with Gasteiger partial charge >= 0.3 is 12.0 Å². The summed E-state index contributed by atoms with van der Waals surface area (Å²) in [6, 6.07) is 6.60. The highest BCUT2D eigenvalue weighted by molar-refractivity contribution is 5.90. The fourth-order valence-corrected chi connectivity index (χ4v) is 2.51. The van der Waals surface area contributed by atoms with Gasteiger partial charge in [-0.1, -0.05) is 6.07 Å². The second kappa shape index (κ2) is 6.27. The van der Waals surface area contributed by atoms with E-state index in [9.17, 15) is 9.59 Å². The Morgan fingerprint density at radius 3 is 2.76 bits per heavy atom. The van der Waals surface area contributed by atoms with Gasteiger partial charge in [-0.15, -0.1) is 0 Å². The standard InChI is InChI=1S/C15H17N3O3/c1-9-2-3-10(8-16)6-13(9)18-15(21)17-12-5-4-11(7-12)14(19)20/h2-3,6,11-12H,4-5,7H2,1H3,(H,19,20)(H2,17,18,21)/t11-,12+/m1/s1. The molecule has 0 bridgehead atoms. The quantitative estimate of drug-likeness (QED) is 0.793. The van der Waals surface area contributed by atoms with Gasteiger partial charge in [-0.05, 0) is 43.9 Å². The van der Waals surface area contributed by atoms with Crippen molar-refractivity contribution in [1.82, 2.24) is 5.32 Å². The minimum Gasteiger partial charge on any atom is -0.481 e. The monoisotopic (exact) mass is 287 g/mol. The van der Waals surface area contributed by atoms with Crippen molar-refractivity contribution in [3.63, 3.8) is 0 Å². The number of benzene rings is 1. The largest absolute Gasteiger partial charge is 0.481 e. The second-order valence-electron chi connectivity index (χ2n) is 5.29. The SMILES string of the molecule is Cc1ccc(C#N)cc1NC(=O)N[C@H]1CC[C@@H](C(=O)O)C1. The maximum atomic E-state index is 11.9. The van der Waals surface area contributed by atoms with Crippen molar-refractivity contribution < 1.29 is 14.7 Å². The van der Waals surface area contributed by atoms with Gasteiger partial charge in [-0.25, -0.2) is 4.79 Å². The molecule has 1 aromatic carbocycles. The highest BCUT2D eigenvalue weighted by Gasteiger charge is 2.30. The molecule has 0 heterocycles. The van der Waals surface area contributed by atoms with Crippen molar-refractivity contribution in [2.75, 3.05) is 5.32 Å². The van der Waals surface area contributed by atoms with Gasteiger partial charge in [0.05, 0.1) is 17.6 Å². The number of anilines is 1. The zero-order valence-corrected chi connectivity index (χ0v) is 11.7. The van der Waals surface area contributed by atoms with Crippen molar-refractivity contribution in [2.45, 2.75) is 32.2 Å². The molecule has 6 nitrogen and oxygen atoms in total. The third kappa shape index (κ3) is 3.72. The molecule has 2 atom stereocenters. The average molecular weight is 287 g/mol. The third-order valence-electron chi connectivity index (χ3n) is 3.73. The molecule has 110 valence electrons. The number of carboxylic acids is 1. The summed E-state index contributed by atoms with van der Waals surface area (Å²) in [5.74, 6) is -1.18. The van der Waals surface area contributed by atoms with Gasteiger partial charge in [-0.2, -0.15) is 5.26 Å². The smallest absolute Gasteiger partial charge is 0.319 e. The van der Waals surface area contributed by atoms with Crippen LogP contribution in [-0.2, 0) is 4.79 Å². The van der Waals surface area contributed by atoms with Gasteiger partial charge in [0, 0.05) is 11.7 Å². The summed E-state index contributed by atoms with van der Waals surface area (Å²) in [6.45, 7) is 1.84. The van der Waals surface area contributed by atoms with Gasteiger partial charge in [0.2, 0.25) is 0 Å². The summed E-state index contributed by atoms with van der Waals surface area (Å²) in [4.78, 5) is 22.8. The molecule has 1 aliphatic rings. The molecule has 6 heteroatoms. The van der Waals surface area contributed by atoms with Crippen LogP contribution in [0.3, 0.4) is 0 Å². The number of rotatable bonds is 3. The fraction of sp³-hybridized carbons (Fsp3) is 0.400. The Hall–Kier alpha value is -2.55. The number of carbonyl (C=O) groups is 2. The van der Waals surface area contributed by atoms with E-state index in [-0.39, 0.29) is 18.0 Å². The molecular weight excluding hydrogens is 270 g/mol. The van der Waals surface area contributed by atoms with Crippen LogP contribution < -0.4 is 10.6 Å². The van der Waals surface area contributed by atoms with E-state index < -0.39 is 5.97 Å². The van der Waals surface area contributed by atoms with E-state index in [1.165, 1.54) is 0 Å². The Kier molecular flexibility index (Phi) is 4.43. The first-order valence-corrected chi connectivity index (χ1v) is 6.80. The van der Waals surface area contributed by atoms with Crippen LogP contribution in [0.4, 0.5) is 10.5 Å². The van der Waals surface area contributed by atoms with E-state index in [0.717, 1.165) is 5.56 Å². The third-order valence-corrected chi connectivity index (χ3v) is 3.73.